The van der Waals surface area contributed by atoms with E-state index < -0.39 is 0 Å². The molecular weight excluding hydrogens is 114 g/mol. The Bertz CT molecular complexity index is 97.1. The second-order valence-electron chi connectivity index (χ2n) is 2.62. The lowest BCUT2D eigenvalue weighted by atomic mass is 10.1. The van der Waals surface area contributed by atoms with Crippen LogP contribution in [-0.2, 0) is 0 Å². The van der Waals surface area contributed by atoms with Crippen LogP contribution in [0.2, 0.25) is 0 Å². The smallest absolute Gasteiger partial charge is 0.0570 e. The summed E-state index contributed by atoms with van der Waals surface area (Å²) >= 11 is 0. The van der Waals surface area contributed by atoms with Gasteiger partial charge >= 0.3 is 0 Å². The molecule has 0 aliphatic heterocycles. The van der Waals surface area contributed by atoms with Crippen LogP contribution in [0.1, 0.15) is 33.6 Å². The van der Waals surface area contributed by atoms with Crippen molar-refractivity contribution in [2.45, 2.75) is 33.6 Å². The predicted molar refractivity (Wildman–Crippen MR) is 39.0 cm³/mol. The lowest BCUT2D eigenvalue weighted by Crippen LogP contribution is -2.00. The molecule has 0 fully saturated rings. The summed E-state index contributed by atoms with van der Waals surface area (Å²) in [6.07, 6.45) is 1.77. The second kappa shape index (κ2) is 4.36. The highest BCUT2D eigenvalue weighted by Gasteiger charge is 1.99. The molecule has 0 aromatic heterocycles. The van der Waals surface area contributed by atoms with Crippen LogP contribution in [0.15, 0.2) is 5.16 Å². The number of hydrogen-bond acceptors (Lipinski definition) is 2. The fraction of sp³-hybridized carbons (Fsp3) is 0.857. The van der Waals surface area contributed by atoms with E-state index in [1.54, 1.807) is 0 Å². The van der Waals surface area contributed by atoms with Gasteiger partial charge in [0.1, 0.15) is 0 Å². The van der Waals surface area contributed by atoms with Crippen molar-refractivity contribution in [1.29, 1.82) is 0 Å². The van der Waals surface area contributed by atoms with Crippen molar-refractivity contribution in [2.75, 3.05) is 0 Å². The molecule has 2 nitrogen and oxygen atoms in total. The lowest BCUT2D eigenvalue weighted by molar-refractivity contribution is 0.315. The number of rotatable bonds is 3. The van der Waals surface area contributed by atoms with Crippen LogP contribution in [-0.4, -0.2) is 10.9 Å². The third-order valence-corrected chi connectivity index (χ3v) is 1.19. The van der Waals surface area contributed by atoms with E-state index in [-0.39, 0.29) is 0 Å². The third-order valence-electron chi connectivity index (χ3n) is 1.19. The van der Waals surface area contributed by atoms with Crippen molar-refractivity contribution in [3.8, 4) is 0 Å². The van der Waals surface area contributed by atoms with E-state index in [2.05, 4.69) is 19.0 Å². The van der Waals surface area contributed by atoms with Gasteiger partial charge < -0.3 is 5.21 Å². The quantitative estimate of drug-likeness (QED) is 0.354. The van der Waals surface area contributed by atoms with Crippen LogP contribution in [0.4, 0.5) is 0 Å². The molecule has 0 bridgehead atoms. The van der Waals surface area contributed by atoms with Gasteiger partial charge in [0.15, 0.2) is 0 Å². The number of nitrogens with zero attached hydrogens (tertiary/aromatic N) is 1. The molecule has 0 aliphatic carbocycles. The molecule has 0 saturated carbocycles. The zero-order chi connectivity index (χ0) is 7.28. The summed E-state index contributed by atoms with van der Waals surface area (Å²) in [6.45, 7) is 6.22. The monoisotopic (exact) mass is 129 g/mol. The Labute approximate surface area is 56.6 Å². The Balaban J connectivity index is 3.58. The van der Waals surface area contributed by atoms with Crippen molar-refractivity contribution in [1.82, 2.24) is 0 Å². The minimum absolute atomic E-state index is 0.593. The predicted octanol–water partition coefficient (Wildman–Crippen LogP) is 2.27. The molecule has 0 aromatic rings. The average Bonchev–Trinajstić information content (AvgIpc) is 1.82. The first kappa shape index (κ1) is 8.47. The Morgan fingerprint density at radius 3 is 2.22 bits per heavy atom. The Hall–Kier alpha value is -0.530. The van der Waals surface area contributed by atoms with E-state index in [9.17, 15) is 0 Å². The third kappa shape index (κ3) is 4.01. The van der Waals surface area contributed by atoms with Crippen LogP contribution in [0, 0.1) is 5.92 Å². The Kier molecular flexibility index (Phi) is 4.10. The maximum Gasteiger partial charge on any atom is 0.0570 e. The van der Waals surface area contributed by atoms with Crippen molar-refractivity contribution < 1.29 is 5.21 Å². The molecule has 9 heavy (non-hydrogen) atoms. The molecule has 0 rings (SSSR count). The van der Waals surface area contributed by atoms with E-state index in [0.29, 0.717) is 5.92 Å². The molecular formula is C7H15NO. The standard InChI is InChI=1S/C7H15NO/c1-4-7(8-9)5-6(2)3/h6,9H,4-5H2,1-3H3/b8-7+. The van der Waals surface area contributed by atoms with Gasteiger partial charge in [0, 0.05) is 0 Å². The van der Waals surface area contributed by atoms with E-state index in [1.807, 2.05) is 6.92 Å². The van der Waals surface area contributed by atoms with Crippen molar-refractivity contribution in [3.05, 3.63) is 0 Å². The van der Waals surface area contributed by atoms with Gasteiger partial charge in [-0.1, -0.05) is 25.9 Å². The molecule has 1 N–H and O–H groups in total. The van der Waals surface area contributed by atoms with Crippen molar-refractivity contribution in [3.63, 3.8) is 0 Å². The molecule has 0 atom stereocenters. The topological polar surface area (TPSA) is 32.6 Å². The first-order valence-electron chi connectivity index (χ1n) is 3.40. The first-order chi connectivity index (χ1) is 4.20. The second-order valence-corrected chi connectivity index (χ2v) is 2.62. The molecule has 0 amide bonds. The fourth-order valence-corrected chi connectivity index (χ4v) is 0.727. The molecule has 0 radical (unpaired) electrons. The molecule has 54 valence electrons. The molecule has 0 heterocycles. The van der Waals surface area contributed by atoms with Gasteiger partial charge in [-0.15, -0.1) is 0 Å². The zero-order valence-electron chi connectivity index (χ0n) is 6.39. The largest absolute Gasteiger partial charge is 0.411 e. The van der Waals surface area contributed by atoms with Crippen LogP contribution < -0.4 is 0 Å². The van der Waals surface area contributed by atoms with Gasteiger partial charge in [-0.2, -0.15) is 0 Å². The molecule has 2 heteroatoms. The molecule has 0 aromatic carbocycles. The summed E-state index contributed by atoms with van der Waals surface area (Å²) < 4.78 is 0. The van der Waals surface area contributed by atoms with Gasteiger partial charge in [0.25, 0.3) is 0 Å². The van der Waals surface area contributed by atoms with Crippen molar-refractivity contribution in [2.24, 2.45) is 11.1 Å². The summed E-state index contributed by atoms with van der Waals surface area (Å²) in [5.74, 6) is 0.593. The Morgan fingerprint density at radius 1 is 1.56 bits per heavy atom. The summed E-state index contributed by atoms with van der Waals surface area (Å²) in [6, 6.07) is 0. The fourth-order valence-electron chi connectivity index (χ4n) is 0.727. The van der Waals surface area contributed by atoms with E-state index in [4.69, 9.17) is 5.21 Å². The van der Waals surface area contributed by atoms with Crippen molar-refractivity contribution >= 4 is 5.71 Å². The summed E-state index contributed by atoms with van der Waals surface area (Å²) in [5, 5.41) is 11.5. The lowest BCUT2D eigenvalue weighted by Gasteiger charge is -2.02. The van der Waals surface area contributed by atoms with Gasteiger partial charge in [0.05, 0.1) is 5.71 Å². The van der Waals surface area contributed by atoms with E-state index in [1.165, 1.54) is 0 Å². The summed E-state index contributed by atoms with van der Waals surface area (Å²) in [7, 11) is 0. The number of hydrogen-bond donors (Lipinski definition) is 1. The zero-order valence-corrected chi connectivity index (χ0v) is 6.39. The maximum absolute atomic E-state index is 8.36. The van der Waals surface area contributed by atoms with Crippen LogP contribution >= 0.6 is 0 Å². The van der Waals surface area contributed by atoms with Gasteiger partial charge in [-0.05, 0) is 18.8 Å². The van der Waals surface area contributed by atoms with E-state index in [0.717, 1.165) is 18.6 Å². The summed E-state index contributed by atoms with van der Waals surface area (Å²) in [5.41, 5.74) is 0.894. The highest BCUT2D eigenvalue weighted by molar-refractivity contribution is 5.83. The van der Waals surface area contributed by atoms with Gasteiger partial charge in [0.2, 0.25) is 0 Å². The van der Waals surface area contributed by atoms with E-state index >= 15 is 0 Å². The highest BCUT2D eigenvalue weighted by atomic mass is 16.4. The summed E-state index contributed by atoms with van der Waals surface area (Å²) in [4.78, 5) is 0. The highest BCUT2D eigenvalue weighted by Crippen LogP contribution is 2.03. The maximum atomic E-state index is 8.36. The normalized spacial score (nSPS) is 12.7. The SMILES string of the molecule is CC/C(CC(C)C)=N\O. The van der Waals surface area contributed by atoms with Gasteiger partial charge in [-0.25, -0.2) is 0 Å². The molecule has 0 spiro atoms. The molecule has 0 unspecified atom stereocenters. The first-order valence-corrected chi connectivity index (χ1v) is 3.40. The van der Waals surface area contributed by atoms with Crippen LogP contribution in [0.25, 0.3) is 0 Å². The van der Waals surface area contributed by atoms with Crippen LogP contribution in [0.5, 0.6) is 0 Å². The number of oxime groups is 1. The average molecular weight is 129 g/mol. The minimum atomic E-state index is 0.593. The molecule has 0 saturated heterocycles. The minimum Gasteiger partial charge on any atom is -0.411 e. The van der Waals surface area contributed by atoms with Crippen LogP contribution in [0.3, 0.4) is 0 Å². The van der Waals surface area contributed by atoms with Gasteiger partial charge in [-0.3, -0.25) is 0 Å². The Morgan fingerprint density at radius 2 is 2.11 bits per heavy atom. The molecule has 0 aliphatic rings.